The molecule has 1 amide bonds. The summed E-state index contributed by atoms with van der Waals surface area (Å²) in [5.74, 6) is -1.78. The molecule has 1 aromatic rings. The molecule has 0 saturated heterocycles. The van der Waals surface area contributed by atoms with Crippen LogP contribution in [-0.2, 0) is 4.79 Å². The second-order valence-electron chi connectivity index (χ2n) is 4.75. The number of phenolic OH excluding ortho intramolecular Hbond substituents is 1. The van der Waals surface area contributed by atoms with Crippen LogP contribution in [0.4, 0.5) is 0 Å². The van der Waals surface area contributed by atoms with Gasteiger partial charge in [-0.25, -0.2) is 4.79 Å². The van der Waals surface area contributed by atoms with Crippen molar-refractivity contribution in [3.8, 4) is 5.75 Å². The molecule has 5 nitrogen and oxygen atoms in total. The van der Waals surface area contributed by atoms with Gasteiger partial charge in [-0.2, -0.15) is 0 Å². The minimum absolute atomic E-state index is 0.104. The van der Waals surface area contributed by atoms with Crippen LogP contribution in [-0.4, -0.2) is 39.6 Å². The normalized spacial score (nSPS) is 11.1. The minimum atomic E-state index is -1.34. The van der Waals surface area contributed by atoms with Crippen molar-refractivity contribution in [3.63, 3.8) is 0 Å². The van der Waals surface area contributed by atoms with Crippen LogP contribution in [0.3, 0.4) is 0 Å². The number of aryl methyl sites for hydroxylation is 1. The lowest BCUT2D eigenvalue weighted by molar-refractivity contribution is -0.147. The third kappa shape index (κ3) is 2.45. The zero-order chi connectivity index (χ0) is 14.1. The van der Waals surface area contributed by atoms with E-state index in [0.717, 1.165) is 10.5 Å². The van der Waals surface area contributed by atoms with E-state index in [9.17, 15) is 14.7 Å². The molecule has 0 fully saturated rings. The van der Waals surface area contributed by atoms with Gasteiger partial charge in [0.05, 0.1) is 5.56 Å². The van der Waals surface area contributed by atoms with Crippen LogP contribution in [0.1, 0.15) is 29.8 Å². The van der Waals surface area contributed by atoms with E-state index in [-0.39, 0.29) is 11.3 Å². The summed E-state index contributed by atoms with van der Waals surface area (Å²) in [4.78, 5) is 24.4. The Kier molecular flexibility index (Phi) is 3.65. The number of rotatable bonds is 3. The summed E-state index contributed by atoms with van der Waals surface area (Å²) >= 11 is 0. The van der Waals surface area contributed by atoms with Gasteiger partial charge in [0, 0.05) is 7.05 Å². The maximum absolute atomic E-state index is 12.2. The number of benzene rings is 1. The Bertz CT molecular complexity index is 494. The molecule has 0 aliphatic rings. The molecule has 0 unspecified atom stereocenters. The fourth-order valence-corrected chi connectivity index (χ4v) is 1.40. The van der Waals surface area contributed by atoms with Crippen molar-refractivity contribution in [1.29, 1.82) is 0 Å². The predicted molar refractivity (Wildman–Crippen MR) is 66.7 cm³/mol. The highest BCUT2D eigenvalue weighted by atomic mass is 16.4. The fourth-order valence-electron chi connectivity index (χ4n) is 1.40. The molecule has 1 rings (SSSR count). The Morgan fingerprint density at radius 3 is 2.33 bits per heavy atom. The van der Waals surface area contributed by atoms with Crippen molar-refractivity contribution in [2.45, 2.75) is 26.3 Å². The summed E-state index contributed by atoms with van der Waals surface area (Å²) in [5.41, 5.74) is -0.419. The number of aliphatic carboxylic acids is 1. The highest BCUT2D eigenvalue weighted by Crippen LogP contribution is 2.23. The molecule has 5 heteroatoms. The highest BCUT2D eigenvalue weighted by molar-refractivity contribution is 5.99. The van der Waals surface area contributed by atoms with E-state index in [4.69, 9.17) is 5.11 Å². The van der Waals surface area contributed by atoms with Crippen LogP contribution in [0.5, 0.6) is 5.75 Å². The first kappa shape index (κ1) is 14.0. The summed E-state index contributed by atoms with van der Waals surface area (Å²) in [7, 11) is 1.40. The molecule has 0 heterocycles. The van der Waals surface area contributed by atoms with Gasteiger partial charge in [-0.1, -0.05) is 11.6 Å². The van der Waals surface area contributed by atoms with Crippen molar-refractivity contribution in [2.24, 2.45) is 0 Å². The standard InChI is InChI=1S/C13H17NO4/c1-8-5-6-10(15)9(7-8)11(16)14(4)13(2,3)12(17)18/h5-7,15H,1-4H3,(H,17,18). The van der Waals surface area contributed by atoms with Crippen molar-refractivity contribution in [3.05, 3.63) is 29.3 Å². The monoisotopic (exact) mass is 251 g/mol. The molecule has 0 saturated carbocycles. The Hall–Kier alpha value is -2.04. The van der Waals surface area contributed by atoms with Crippen molar-refractivity contribution in [2.75, 3.05) is 7.05 Å². The van der Waals surface area contributed by atoms with Gasteiger partial charge in [-0.05, 0) is 32.9 Å². The average molecular weight is 251 g/mol. The number of carboxylic acids is 1. The first-order chi connectivity index (χ1) is 8.17. The van der Waals surface area contributed by atoms with Gasteiger partial charge in [0.15, 0.2) is 0 Å². The van der Waals surface area contributed by atoms with Crippen LogP contribution < -0.4 is 0 Å². The number of aromatic hydroxyl groups is 1. The Balaban J connectivity index is 3.15. The lowest BCUT2D eigenvalue weighted by Crippen LogP contribution is -2.50. The Morgan fingerprint density at radius 1 is 1.28 bits per heavy atom. The molecule has 98 valence electrons. The SMILES string of the molecule is Cc1ccc(O)c(C(=O)N(C)C(C)(C)C(=O)O)c1. The number of hydrogen-bond acceptors (Lipinski definition) is 3. The van der Waals surface area contributed by atoms with E-state index in [0.29, 0.717) is 0 Å². The fraction of sp³-hybridized carbons (Fsp3) is 0.385. The van der Waals surface area contributed by atoms with Crippen LogP contribution in [0.2, 0.25) is 0 Å². The molecule has 0 spiro atoms. The van der Waals surface area contributed by atoms with E-state index >= 15 is 0 Å². The molecule has 0 bridgehead atoms. The van der Waals surface area contributed by atoms with Gasteiger partial charge in [0.1, 0.15) is 11.3 Å². The van der Waals surface area contributed by atoms with E-state index in [1.165, 1.54) is 33.0 Å². The lowest BCUT2D eigenvalue weighted by atomic mass is 10.0. The highest BCUT2D eigenvalue weighted by Gasteiger charge is 2.36. The van der Waals surface area contributed by atoms with Gasteiger partial charge < -0.3 is 15.1 Å². The quantitative estimate of drug-likeness (QED) is 0.856. The largest absolute Gasteiger partial charge is 0.507 e. The predicted octanol–water partition coefficient (Wildman–Crippen LogP) is 1.64. The van der Waals surface area contributed by atoms with Crippen molar-refractivity contribution >= 4 is 11.9 Å². The summed E-state index contributed by atoms with van der Waals surface area (Å²) in [5, 5.41) is 18.7. The number of hydrogen-bond donors (Lipinski definition) is 2. The summed E-state index contributed by atoms with van der Waals surface area (Å²) in [6.07, 6.45) is 0. The van der Waals surface area contributed by atoms with Crippen molar-refractivity contribution in [1.82, 2.24) is 4.90 Å². The second-order valence-corrected chi connectivity index (χ2v) is 4.75. The number of nitrogens with zero attached hydrogens (tertiary/aromatic N) is 1. The molecule has 1 aromatic carbocycles. The zero-order valence-electron chi connectivity index (χ0n) is 10.9. The van der Waals surface area contributed by atoms with Gasteiger partial charge in [0.25, 0.3) is 5.91 Å². The van der Waals surface area contributed by atoms with Gasteiger partial charge >= 0.3 is 5.97 Å². The van der Waals surface area contributed by atoms with E-state index < -0.39 is 17.4 Å². The Morgan fingerprint density at radius 2 is 1.83 bits per heavy atom. The van der Waals surface area contributed by atoms with Crippen LogP contribution >= 0.6 is 0 Å². The van der Waals surface area contributed by atoms with Gasteiger partial charge in [-0.15, -0.1) is 0 Å². The maximum atomic E-state index is 12.2. The number of carboxylic acid groups (broad SMARTS) is 1. The van der Waals surface area contributed by atoms with Gasteiger partial charge in [-0.3, -0.25) is 4.79 Å². The second kappa shape index (κ2) is 4.68. The summed E-state index contributed by atoms with van der Waals surface area (Å²) in [6, 6.07) is 4.63. The molecule has 0 aliphatic carbocycles. The number of phenols is 1. The lowest BCUT2D eigenvalue weighted by Gasteiger charge is -2.31. The van der Waals surface area contributed by atoms with E-state index in [1.807, 2.05) is 0 Å². The van der Waals surface area contributed by atoms with E-state index in [2.05, 4.69) is 0 Å². The number of carbonyl (C=O) groups excluding carboxylic acids is 1. The van der Waals surface area contributed by atoms with Crippen LogP contribution in [0.25, 0.3) is 0 Å². The zero-order valence-corrected chi connectivity index (χ0v) is 10.9. The van der Waals surface area contributed by atoms with Gasteiger partial charge in [0.2, 0.25) is 0 Å². The smallest absolute Gasteiger partial charge is 0.329 e. The Labute approximate surface area is 106 Å². The number of carbonyl (C=O) groups is 2. The molecular formula is C13H17NO4. The van der Waals surface area contributed by atoms with Crippen molar-refractivity contribution < 1.29 is 19.8 Å². The third-order valence-electron chi connectivity index (χ3n) is 3.05. The first-order valence-corrected chi connectivity index (χ1v) is 5.49. The maximum Gasteiger partial charge on any atom is 0.329 e. The van der Waals surface area contributed by atoms with Crippen LogP contribution in [0, 0.1) is 6.92 Å². The van der Waals surface area contributed by atoms with Crippen LogP contribution in [0.15, 0.2) is 18.2 Å². The third-order valence-corrected chi connectivity index (χ3v) is 3.05. The van der Waals surface area contributed by atoms with E-state index in [1.54, 1.807) is 13.0 Å². The topological polar surface area (TPSA) is 77.8 Å². The molecule has 18 heavy (non-hydrogen) atoms. The molecular weight excluding hydrogens is 234 g/mol. The summed E-state index contributed by atoms with van der Waals surface area (Å²) in [6.45, 7) is 4.65. The molecule has 0 radical (unpaired) electrons. The minimum Gasteiger partial charge on any atom is -0.507 e. The number of amides is 1. The molecule has 0 aliphatic heterocycles. The molecule has 2 N–H and O–H groups in total. The number of likely N-dealkylation sites (N-methyl/N-ethyl adjacent to an activating group) is 1. The summed E-state index contributed by atoms with van der Waals surface area (Å²) < 4.78 is 0. The molecule has 0 aromatic heterocycles. The average Bonchev–Trinajstić information content (AvgIpc) is 2.30. The first-order valence-electron chi connectivity index (χ1n) is 5.49. The molecule has 0 atom stereocenters.